The van der Waals surface area contributed by atoms with Gasteiger partial charge in [-0.3, -0.25) is 4.79 Å². The molecule has 0 aromatic carbocycles. The van der Waals surface area contributed by atoms with Gasteiger partial charge in [-0.25, -0.2) is 0 Å². The second-order valence-electron chi connectivity index (χ2n) is 3.90. The number of hydrogen-bond acceptors (Lipinski definition) is 2. The molecule has 1 aliphatic rings. The zero-order valence-electron chi connectivity index (χ0n) is 7.92. The molecule has 1 amide bonds. The zero-order chi connectivity index (χ0) is 9.14. The molecule has 1 atom stereocenters. The summed E-state index contributed by atoms with van der Waals surface area (Å²) in [6.45, 7) is 2.79. The van der Waals surface area contributed by atoms with Crippen LogP contribution in [0.15, 0.2) is 0 Å². The standard InChI is InChI=1S/C9H18N2O/c1-7(10)5-9(12)11(2)6-8-3-4-8/h7-8H,3-6,10H2,1-2H3. The van der Waals surface area contributed by atoms with Crippen LogP contribution in [0.25, 0.3) is 0 Å². The van der Waals surface area contributed by atoms with Crippen molar-refractivity contribution in [3.8, 4) is 0 Å². The van der Waals surface area contributed by atoms with E-state index in [1.165, 1.54) is 12.8 Å². The monoisotopic (exact) mass is 170 g/mol. The van der Waals surface area contributed by atoms with E-state index in [-0.39, 0.29) is 11.9 Å². The van der Waals surface area contributed by atoms with Gasteiger partial charge in [0.1, 0.15) is 0 Å². The molecule has 1 fully saturated rings. The molecule has 0 heterocycles. The van der Waals surface area contributed by atoms with Crippen molar-refractivity contribution in [1.29, 1.82) is 0 Å². The third kappa shape index (κ3) is 3.22. The van der Waals surface area contributed by atoms with Crippen molar-refractivity contribution in [2.45, 2.75) is 32.2 Å². The molecule has 3 nitrogen and oxygen atoms in total. The Morgan fingerprint density at radius 2 is 2.25 bits per heavy atom. The largest absolute Gasteiger partial charge is 0.345 e. The fourth-order valence-electron chi connectivity index (χ4n) is 1.22. The van der Waals surface area contributed by atoms with Crippen LogP contribution >= 0.6 is 0 Å². The zero-order valence-corrected chi connectivity index (χ0v) is 7.92. The second-order valence-corrected chi connectivity index (χ2v) is 3.90. The predicted octanol–water partition coefficient (Wildman–Crippen LogP) is 0.592. The Balaban J connectivity index is 2.19. The van der Waals surface area contributed by atoms with Crippen LogP contribution in [0.3, 0.4) is 0 Å². The Morgan fingerprint density at radius 1 is 1.67 bits per heavy atom. The first-order chi connectivity index (χ1) is 5.59. The Morgan fingerprint density at radius 3 is 2.67 bits per heavy atom. The molecule has 12 heavy (non-hydrogen) atoms. The third-order valence-electron chi connectivity index (χ3n) is 2.15. The van der Waals surface area contributed by atoms with E-state index in [4.69, 9.17) is 5.73 Å². The summed E-state index contributed by atoms with van der Waals surface area (Å²) in [5.41, 5.74) is 5.53. The molecular formula is C9H18N2O. The van der Waals surface area contributed by atoms with E-state index in [0.717, 1.165) is 12.5 Å². The van der Waals surface area contributed by atoms with Crippen LogP contribution in [0.4, 0.5) is 0 Å². The average molecular weight is 170 g/mol. The SMILES string of the molecule is CC(N)CC(=O)N(C)CC1CC1. The quantitative estimate of drug-likeness (QED) is 0.671. The summed E-state index contributed by atoms with van der Waals surface area (Å²) in [7, 11) is 1.86. The normalized spacial score (nSPS) is 18.9. The van der Waals surface area contributed by atoms with Crippen LogP contribution in [0.2, 0.25) is 0 Å². The smallest absolute Gasteiger partial charge is 0.223 e. The highest BCUT2D eigenvalue weighted by Gasteiger charge is 2.24. The molecule has 0 aromatic rings. The topological polar surface area (TPSA) is 46.3 Å². The molecule has 1 saturated carbocycles. The molecule has 0 bridgehead atoms. The summed E-state index contributed by atoms with van der Waals surface area (Å²) < 4.78 is 0. The van der Waals surface area contributed by atoms with Gasteiger partial charge in [0.05, 0.1) is 0 Å². The molecule has 1 unspecified atom stereocenters. The minimum absolute atomic E-state index is 0.0147. The highest BCUT2D eigenvalue weighted by Crippen LogP contribution is 2.29. The molecular weight excluding hydrogens is 152 g/mol. The lowest BCUT2D eigenvalue weighted by Crippen LogP contribution is -2.33. The van der Waals surface area contributed by atoms with E-state index in [2.05, 4.69) is 0 Å². The maximum Gasteiger partial charge on any atom is 0.223 e. The summed E-state index contributed by atoms with van der Waals surface area (Å²) >= 11 is 0. The summed E-state index contributed by atoms with van der Waals surface area (Å²) in [5.74, 6) is 0.948. The molecule has 1 rings (SSSR count). The number of rotatable bonds is 4. The molecule has 0 spiro atoms. The van der Waals surface area contributed by atoms with Gasteiger partial charge >= 0.3 is 0 Å². The minimum atomic E-state index is -0.0147. The lowest BCUT2D eigenvalue weighted by atomic mass is 10.2. The summed E-state index contributed by atoms with van der Waals surface area (Å²) in [6.07, 6.45) is 3.05. The highest BCUT2D eigenvalue weighted by atomic mass is 16.2. The molecule has 0 aromatic heterocycles. The van der Waals surface area contributed by atoms with Crippen molar-refractivity contribution in [1.82, 2.24) is 4.90 Å². The van der Waals surface area contributed by atoms with Gasteiger partial charge in [-0.15, -0.1) is 0 Å². The molecule has 3 heteroatoms. The minimum Gasteiger partial charge on any atom is -0.345 e. The first kappa shape index (κ1) is 9.52. The number of hydrogen-bond donors (Lipinski definition) is 1. The van der Waals surface area contributed by atoms with Crippen molar-refractivity contribution < 1.29 is 4.79 Å². The van der Waals surface area contributed by atoms with E-state index in [1.54, 1.807) is 4.90 Å². The van der Waals surface area contributed by atoms with Gasteiger partial charge in [0.2, 0.25) is 5.91 Å². The fourth-order valence-corrected chi connectivity index (χ4v) is 1.22. The van der Waals surface area contributed by atoms with Crippen molar-refractivity contribution in [3.63, 3.8) is 0 Å². The first-order valence-corrected chi connectivity index (χ1v) is 4.59. The van der Waals surface area contributed by atoms with Crippen LogP contribution in [-0.4, -0.2) is 30.4 Å². The highest BCUT2D eigenvalue weighted by molar-refractivity contribution is 5.76. The molecule has 1 aliphatic carbocycles. The Labute approximate surface area is 73.9 Å². The van der Waals surface area contributed by atoms with Crippen LogP contribution in [0.5, 0.6) is 0 Å². The number of carbonyl (C=O) groups excluding carboxylic acids is 1. The van der Waals surface area contributed by atoms with Gasteiger partial charge in [-0.1, -0.05) is 0 Å². The van der Waals surface area contributed by atoms with E-state index >= 15 is 0 Å². The number of carbonyl (C=O) groups is 1. The van der Waals surface area contributed by atoms with Crippen molar-refractivity contribution in [2.75, 3.05) is 13.6 Å². The molecule has 0 saturated heterocycles. The lowest BCUT2D eigenvalue weighted by molar-refractivity contribution is -0.130. The van der Waals surface area contributed by atoms with Crippen molar-refractivity contribution >= 4 is 5.91 Å². The van der Waals surface area contributed by atoms with E-state index in [9.17, 15) is 4.79 Å². The van der Waals surface area contributed by atoms with E-state index in [1.807, 2.05) is 14.0 Å². The second kappa shape index (κ2) is 3.90. The van der Waals surface area contributed by atoms with Crippen LogP contribution in [-0.2, 0) is 4.79 Å². The van der Waals surface area contributed by atoms with Crippen molar-refractivity contribution in [3.05, 3.63) is 0 Å². The van der Waals surface area contributed by atoms with E-state index < -0.39 is 0 Å². The fraction of sp³-hybridized carbons (Fsp3) is 0.889. The predicted molar refractivity (Wildman–Crippen MR) is 48.6 cm³/mol. The van der Waals surface area contributed by atoms with Crippen LogP contribution in [0, 0.1) is 5.92 Å². The summed E-state index contributed by atoms with van der Waals surface area (Å²) in [6, 6.07) is -0.0147. The van der Waals surface area contributed by atoms with Gasteiger partial charge in [0, 0.05) is 26.1 Å². The maximum absolute atomic E-state index is 11.4. The maximum atomic E-state index is 11.4. The molecule has 2 N–H and O–H groups in total. The lowest BCUT2D eigenvalue weighted by Gasteiger charge is -2.17. The Bertz CT molecular complexity index is 164. The summed E-state index contributed by atoms with van der Waals surface area (Å²) in [5, 5.41) is 0. The van der Waals surface area contributed by atoms with Crippen LogP contribution < -0.4 is 5.73 Å². The van der Waals surface area contributed by atoms with Gasteiger partial charge in [-0.2, -0.15) is 0 Å². The Hall–Kier alpha value is -0.570. The van der Waals surface area contributed by atoms with Gasteiger partial charge in [-0.05, 0) is 25.7 Å². The molecule has 70 valence electrons. The molecule has 0 aliphatic heterocycles. The molecule has 0 radical (unpaired) electrons. The average Bonchev–Trinajstić information content (AvgIpc) is 2.70. The van der Waals surface area contributed by atoms with Gasteiger partial charge in [0.15, 0.2) is 0 Å². The van der Waals surface area contributed by atoms with Gasteiger partial charge < -0.3 is 10.6 Å². The number of nitrogens with zero attached hydrogens (tertiary/aromatic N) is 1. The number of nitrogens with two attached hydrogens (primary N) is 1. The third-order valence-corrected chi connectivity index (χ3v) is 2.15. The van der Waals surface area contributed by atoms with Gasteiger partial charge in [0.25, 0.3) is 0 Å². The number of amides is 1. The van der Waals surface area contributed by atoms with E-state index in [0.29, 0.717) is 6.42 Å². The van der Waals surface area contributed by atoms with Crippen molar-refractivity contribution in [2.24, 2.45) is 11.7 Å². The first-order valence-electron chi connectivity index (χ1n) is 4.59. The van der Waals surface area contributed by atoms with Crippen LogP contribution in [0.1, 0.15) is 26.2 Å². The summed E-state index contributed by atoms with van der Waals surface area (Å²) in [4.78, 5) is 13.2. The Kier molecular flexibility index (Phi) is 3.09.